The van der Waals surface area contributed by atoms with Crippen molar-refractivity contribution in [3.05, 3.63) is 75.7 Å². The van der Waals surface area contributed by atoms with Crippen LogP contribution in [-0.4, -0.2) is 30.8 Å². The first-order valence-electron chi connectivity index (χ1n) is 10.3. The highest BCUT2D eigenvalue weighted by Gasteiger charge is 2.17. The number of nitrogens with zero attached hydrogens (tertiary/aromatic N) is 4. The fourth-order valence-corrected chi connectivity index (χ4v) is 4.80. The molecule has 5 rings (SSSR count). The van der Waals surface area contributed by atoms with Crippen molar-refractivity contribution in [1.29, 1.82) is 0 Å². The molecule has 2 N–H and O–H groups in total. The normalized spacial score (nSPS) is 11.1. The molecule has 0 saturated heterocycles. The van der Waals surface area contributed by atoms with Gasteiger partial charge in [0.25, 0.3) is 5.91 Å². The number of fused-ring (bicyclic) bond motifs is 1. The zero-order valence-corrected chi connectivity index (χ0v) is 21.4. The number of furan rings is 1. The minimum Gasteiger partial charge on any atom is -0.451 e. The van der Waals surface area contributed by atoms with Crippen LogP contribution in [0.5, 0.6) is 0 Å². The predicted molar refractivity (Wildman–Crippen MR) is 141 cm³/mol. The van der Waals surface area contributed by atoms with Gasteiger partial charge in [0, 0.05) is 21.8 Å². The van der Waals surface area contributed by atoms with E-state index in [9.17, 15) is 4.79 Å². The minimum atomic E-state index is -0.496. The molecule has 0 bridgehead atoms. The van der Waals surface area contributed by atoms with Crippen LogP contribution in [-0.2, 0) is 0 Å². The lowest BCUT2D eigenvalue weighted by Gasteiger charge is -2.12. The number of benzene rings is 2. The first-order valence-corrected chi connectivity index (χ1v) is 12.2. The average Bonchev–Trinajstić information content (AvgIpc) is 3.55. The summed E-state index contributed by atoms with van der Waals surface area (Å²) in [6.45, 7) is 3.78. The van der Waals surface area contributed by atoms with Crippen molar-refractivity contribution in [2.45, 2.75) is 13.8 Å². The first kappa shape index (κ1) is 23.4. The second-order valence-electron chi connectivity index (χ2n) is 7.57. The summed E-state index contributed by atoms with van der Waals surface area (Å²) < 4.78 is 7.39. The van der Waals surface area contributed by atoms with Crippen LogP contribution in [0.3, 0.4) is 0 Å². The lowest BCUT2D eigenvalue weighted by Crippen LogP contribution is -2.34. The van der Waals surface area contributed by atoms with Gasteiger partial charge in [-0.1, -0.05) is 46.7 Å². The van der Waals surface area contributed by atoms with Crippen LogP contribution in [0.4, 0.5) is 5.69 Å². The second kappa shape index (κ2) is 9.38. The molecule has 0 aliphatic rings. The van der Waals surface area contributed by atoms with Gasteiger partial charge in [0.1, 0.15) is 10.8 Å². The van der Waals surface area contributed by atoms with Crippen molar-refractivity contribution in [3.8, 4) is 21.9 Å². The molecule has 8 nitrogen and oxygen atoms in total. The molecule has 5 aromatic rings. The van der Waals surface area contributed by atoms with Crippen molar-refractivity contribution >= 4 is 68.4 Å². The molecule has 3 heterocycles. The van der Waals surface area contributed by atoms with Crippen LogP contribution >= 0.6 is 46.8 Å². The Morgan fingerprint density at radius 1 is 1.09 bits per heavy atom. The first-order chi connectivity index (χ1) is 16.8. The summed E-state index contributed by atoms with van der Waals surface area (Å²) in [6.07, 6.45) is 0. The van der Waals surface area contributed by atoms with E-state index in [0.29, 0.717) is 26.3 Å². The van der Waals surface area contributed by atoms with Crippen molar-refractivity contribution in [2.75, 3.05) is 5.32 Å². The van der Waals surface area contributed by atoms with Gasteiger partial charge in [-0.2, -0.15) is 9.61 Å². The largest absolute Gasteiger partial charge is 0.451 e. The van der Waals surface area contributed by atoms with E-state index in [-0.39, 0.29) is 10.9 Å². The van der Waals surface area contributed by atoms with Crippen molar-refractivity contribution in [1.82, 2.24) is 25.1 Å². The Balaban J connectivity index is 1.30. The number of carbonyl (C=O) groups is 1. The lowest BCUT2D eigenvalue weighted by molar-refractivity contribution is 0.0951. The third-order valence-electron chi connectivity index (χ3n) is 5.13. The Morgan fingerprint density at radius 3 is 2.71 bits per heavy atom. The quantitative estimate of drug-likeness (QED) is 0.262. The number of hydrogen-bond acceptors (Lipinski definition) is 7. The molecule has 0 radical (unpaired) electrons. The SMILES string of the molecule is Cc1ccc(-c2nn3c(C)nnc3s2)cc1NC(=S)NC(=O)c1ccc(-c2cc(Cl)ccc2Cl)o1. The average molecular weight is 543 g/mol. The van der Waals surface area contributed by atoms with Gasteiger partial charge in [0.2, 0.25) is 4.96 Å². The summed E-state index contributed by atoms with van der Waals surface area (Å²) in [6, 6.07) is 14.0. The summed E-state index contributed by atoms with van der Waals surface area (Å²) in [5.41, 5.74) is 3.16. The Kier molecular flexibility index (Phi) is 6.28. The number of nitrogens with one attached hydrogen (secondary N) is 2. The fraction of sp³-hybridized carbons (Fsp3) is 0.0870. The van der Waals surface area contributed by atoms with E-state index in [0.717, 1.165) is 27.6 Å². The van der Waals surface area contributed by atoms with Gasteiger partial charge in [0.15, 0.2) is 16.7 Å². The number of aryl methyl sites for hydroxylation is 2. The number of thiocarbonyl (C=S) groups is 1. The van der Waals surface area contributed by atoms with E-state index in [1.165, 1.54) is 11.3 Å². The van der Waals surface area contributed by atoms with Crippen LogP contribution in [0.2, 0.25) is 10.0 Å². The van der Waals surface area contributed by atoms with E-state index in [1.807, 2.05) is 32.0 Å². The smallest absolute Gasteiger partial charge is 0.293 e. The number of aromatic nitrogens is 4. The Morgan fingerprint density at radius 2 is 1.91 bits per heavy atom. The zero-order valence-electron chi connectivity index (χ0n) is 18.3. The molecule has 1 amide bonds. The fourth-order valence-electron chi connectivity index (χ4n) is 3.33. The summed E-state index contributed by atoms with van der Waals surface area (Å²) >= 11 is 19.1. The molecule has 3 aromatic heterocycles. The van der Waals surface area contributed by atoms with E-state index < -0.39 is 5.91 Å². The van der Waals surface area contributed by atoms with E-state index in [2.05, 4.69) is 25.9 Å². The molecule has 0 saturated carbocycles. The molecular formula is C23H16Cl2N6O2S2. The topological polar surface area (TPSA) is 97.4 Å². The number of hydrogen-bond donors (Lipinski definition) is 2. The molecule has 2 aromatic carbocycles. The van der Waals surface area contributed by atoms with Gasteiger partial charge in [-0.3, -0.25) is 10.1 Å². The molecule has 12 heteroatoms. The molecule has 35 heavy (non-hydrogen) atoms. The minimum absolute atomic E-state index is 0.0841. The maximum absolute atomic E-state index is 12.7. The second-order valence-corrected chi connectivity index (χ2v) is 9.78. The molecule has 0 aliphatic heterocycles. The number of rotatable bonds is 4. The maximum atomic E-state index is 12.7. The third kappa shape index (κ3) is 4.78. The standard InChI is InChI=1S/C23H16Cl2N6O2S2/c1-11-3-4-13(21-30-31-12(2)28-29-23(31)35-21)9-17(11)26-22(34)27-20(32)19-8-7-18(33-19)15-10-14(24)5-6-16(15)25/h3-10H,1-2H3,(H2,26,27,32,34). The molecule has 0 fully saturated rings. The molecule has 0 unspecified atom stereocenters. The molecule has 0 spiro atoms. The molecular weight excluding hydrogens is 527 g/mol. The van der Waals surface area contributed by atoms with Crippen LogP contribution in [0.15, 0.2) is 52.9 Å². The Bertz CT molecular complexity index is 1610. The van der Waals surface area contributed by atoms with Crippen molar-refractivity contribution in [2.24, 2.45) is 0 Å². The highest BCUT2D eigenvalue weighted by atomic mass is 35.5. The molecule has 176 valence electrons. The lowest BCUT2D eigenvalue weighted by atomic mass is 10.1. The monoisotopic (exact) mass is 542 g/mol. The summed E-state index contributed by atoms with van der Waals surface area (Å²) in [7, 11) is 0. The van der Waals surface area contributed by atoms with E-state index in [4.69, 9.17) is 39.8 Å². The van der Waals surface area contributed by atoms with Gasteiger partial charge in [-0.15, -0.1) is 10.2 Å². The number of halogens is 2. The molecule has 0 aliphatic carbocycles. The van der Waals surface area contributed by atoms with Crippen molar-refractivity contribution < 1.29 is 9.21 Å². The summed E-state index contributed by atoms with van der Waals surface area (Å²) in [5, 5.41) is 20.3. The number of carbonyl (C=O) groups excluding carboxylic acids is 1. The third-order valence-corrected chi connectivity index (χ3v) is 6.85. The Hall–Kier alpha value is -3.31. The highest BCUT2D eigenvalue weighted by molar-refractivity contribution is 7.80. The van der Waals surface area contributed by atoms with Crippen LogP contribution < -0.4 is 10.6 Å². The summed E-state index contributed by atoms with van der Waals surface area (Å²) in [4.78, 5) is 13.4. The van der Waals surface area contributed by atoms with Crippen LogP contribution in [0.1, 0.15) is 21.9 Å². The maximum Gasteiger partial charge on any atom is 0.293 e. The number of anilines is 1. The highest BCUT2D eigenvalue weighted by Crippen LogP contribution is 2.32. The van der Waals surface area contributed by atoms with Gasteiger partial charge in [-0.05, 0) is 68.0 Å². The van der Waals surface area contributed by atoms with Gasteiger partial charge in [0.05, 0.1) is 5.02 Å². The van der Waals surface area contributed by atoms with Crippen LogP contribution in [0, 0.1) is 13.8 Å². The summed E-state index contributed by atoms with van der Waals surface area (Å²) in [5.74, 6) is 0.728. The Labute approximate surface area is 218 Å². The van der Waals surface area contributed by atoms with Gasteiger partial charge >= 0.3 is 0 Å². The van der Waals surface area contributed by atoms with E-state index in [1.54, 1.807) is 34.8 Å². The predicted octanol–water partition coefficient (Wildman–Crippen LogP) is 6.16. The van der Waals surface area contributed by atoms with Crippen LogP contribution in [0.25, 0.3) is 26.9 Å². The van der Waals surface area contributed by atoms with E-state index >= 15 is 0 Å². The number of amides is 1. The van der Waals surface area contributed by atoms with Crippen molar-refractivity contribution in [3.63, 3.8) is 0 Å². The van der Waals surface area contributed by atoms with Gasteiger partial charge in [-0.25, -0.2) is 0 Å². The zero-order chi connectivity index (χ0) is 24.7. The molecule has 0 atom stereocenters. The van der Waals surface area contributed by atoms with Gasteiger partial charge < -0.3 is 9.73 Å².